The van der Waals surface area contributed by atoms with E-state index in [0.29, 0.717) is 6.04 Å². The molecule has 1 N–H and O–H groups in total. The van der Waals surface area contributed by atoms with Gasteiger partial charge >= 0.3 is 0 Å². The highest BCUT2D eigenvalue weighted by Gasteiger charge is 2.17. The maximum Gasteiger partial charge on any atom is 0.254 e. The number of rotatable bonds is 2. The van der Waals surface area contributed by atoms with Crippen molar-refractivity contribution < 1.29 is 4.79 Å². The number of amides is 1. The normalized spacial score (nSPS) is 18.1. The first-order valence-electron chi connectivity index (χ1n) is 5.99. The Morgan fingerprint density at radius 3 is 2.62 bits per heavy atom. The van der Waals surface area contributed by atoms with E-state index in [1.165, 1.54) is 37.2 Å². The van der Waals surface area contributed by atoms with Gasteiger partial charge in [0.15, 0.2) is 0 Å². The molecule has 1 aliphatic carbocycles. The summed E-state index contributed by atoms with van der Waals surface area (Å²) in [7, 11) is 0. The molecule has 4 heteroatoms. The Kier molecular flexibility index (Phi) is 3.93. The molecule has 1 amide bonds. The number of carbonyl (C=O) groups excluding carboxylic acids is 1. The van der Waals surface area contributed by atoms with Gasteiger partial charge in [0.25, 0.3) is 5.91 Å². The molecule has 3 nitrogen and oxygen atoms in total. The molecule has 16 heavy (non-hydrogen) atoms. The summed E-state index contributed by atoms with van der Waals surface area (Å²) in [6, 6.07) is 0.370. The molecule has 88 valence electrons. The average molecular weight is 238 g/mol. The third-order valence-corrected chi connectivity index (χ3v) is 3.91. The fourth-order valence-corrected chi connectivity index (χ4v) is 2.89. The van der Waals surface area contributed by atoms with Crippen molar-refractivity contribution in [2.75, 3.05) is 0 Å². The highest BCUT2D eigenvalue weighted by Crippen LogP contribution is 2.18. The third-order valence-electron chi connectivity index (χ3n) is 3.18. The van der Waals surface area contributed by atoms with Gasteiger partial charge in [-0.25, -0.2) is 0 Å². The number of aromatic nitrogens is 1. The summed E-state index contributed by atoms with van der Waals surface area (Å²) in [5.41, 5.74) is 1.59. The van der Waals surface area contributed by atoms with Crippen LogP contribution in [0.25, 0.3) is 0 Å². The van der Waals surface area contributed by atoms with Gasteiger partial charge < -0.3 is 5.32 Å². The summed E-state index contributed by atoms with van der Waals surface area (Å²) in [5, 5.41) is 4.96. The van der Waals surface area contributed by atoms with Crippen LogP contribution in [0.1, 0.15) is 54.6 Å². The van der Waals surface area contributed by atoms with Crippen LogP contribution in [-0.4, -0.2) is 16.3 Å². The lowest BCUT2D eigenvalue weighted by Crippen LogP contribution is -2.34. The van der Waals surface area contributed by atoms with Crippen molar-refractivity contribution in [2.24, 2.45) is 0 Å². The first kappa shape index (κ1) is 11.6. The predicted molar refractivity (Wildman–Crippen MR) is 65.8 cm³/mol. The maximum atomic E-state index is 12.0. The smallest absolute Gasteiger partial charge is 0.254 e. The van der Waals surface area contributed by atoms with Gasteiger partial charge in [-0.15, -0.1) is 0 Å². The first-order chi connectivity index (χ1) is 7.77. The molecule has 0 aliphatic heterocycles. The topological polar surface area (TPSA) is 42.0 Å². The van der Waals surface area contributed by atoms with Crippen molar-refractivity contribution in [1.29, 1.82) is 0 Å². The molecule has 1 aliphatic rings. The fraction of sp³-hybridized carbons (Fsp3) is 0.667. The zero-order chi connectivity index (χ0) is 11.4. The Hall–Kier alpha value is -0.900. The standard InChI is InChI=1S/C12H18N2OS/c1-9-11(8-16-14-9)12(15)13-10-6-4-2-3-5-7-10/h8,10H,2-7H2,1H3,(H,13,15). The monoisotopic (exact) mass is 238 g/mol. The van der Waals surface area contributed by atoms with Crippen LogP contribution in [0.5, 0.6) is 0 Å². The van der Waals surface area contributed by atoms with E-state index in [0.717, 1.165) is 24.1 Å². The lowest BCUT2D eigenvalue weighted by molar-refractivity contribution is 0.0933. The molecule has 1 heterocycles. The zero-order valence-corrected chi connectivity index (χ0v) is 10.5. The van der Waals surface area contributed by atoms with Gasteiger partial charge in [-0.05, 0) is 31.3 Å². The molecule has 0 radical (unpaired) electrons. The molecule has 1 aromatic heterocycles. The minimum absolute atomic E-state index is 0.0538. The Labute approximate surface area is 100 Å². The van der Waals surface area contributed by atoms with Crippen molar-refractivity contribution >= 4 is 17.4 Å². The van der Waals surface area contributed by atoms with E-state index in [-0.39, 0.29) is 5.91 Å². The van der Waals surface area contributed by atoms with Crippen LogP contribution in [-0.2, 0) is 0 Å². The van der Waals surface area contributed by atoms with Gasteiger partial charge in [0.1, 0.15) is 0 Å². The second-order valence-electron chi connectivity index (χ2n) is 4.48. The van der Waals surface area contributed by atoms with Gasteiger partial charge in [-0.3, -0.25) is 4.79 Å². The van der Waals surface area contributed by atoms with Crippen molar-refractivity contribution in [2.45, 2.75) is 51.5 Å². The number of aryl methyl sites for hydroxylation is 1. The summed E-state index contributed by atoms with van der Waals surface area (Å²) in [5.74, 6) is 0.0538. The van der Waals surface area contributed by atoms with E-state index < -0.39 is 0 Å². The molecular weight excluding hydrogens is 220 g/mol. The van der Waals surface area contributed by atoms with E-state index in [2.05, 4.69) is 9.69 Å². The van der Waals surface area contributed by atoms with Gasteiger partial charge in [0, 0.05) is 11.4 Å². The Morgan fingerprint density at radius 1 is 1.38 bits per heavy atom. The molecule has 2 rings (SSSR count). The summed E-state index contributed by atoms with van der Waals surface area (Å²) in [6.07, 6.45) is 7.36. The molecular formula is C12H18N2OS. The fourth-order valence-electron chi connectivity index (χ4n) is 2.20. The molecule has 0 bridgehead atoms. The molecule has 1 aromatic rings. The molecule has 0 saturated heterocycles. The largest absolute Gasteiger partial charge is 0.349 e. The van der Waals surface area contributed by atoms with Crippen LogP contribution in [0.15, 0.2) is 5.38 Å². The van der Waals surface area contributed by atoms with Crippen molar-refractivity contribution in [3.05, 3.63) is 16.6 Å². The molecule has 1 fully saturated rings. The van der Waals surface area contributed by atoms with Crippen LogP contribution < -0.4 is 5.32 Å². The number of hydrogen-bond donors (Lipinski definition) is 1. The zero-order valence-electron chi connectivity index (χ0n) is 9.66. The van der Waals surface area contributed by atoms with E-state index >= 15 is 0 Å². The van der Waals surface area contributed by atoms with Gasteiger partial charge in [0.2, 0.25) is 0 Å². The Morgan fingerprint density at radius 2 is 2.06 bits per heavy atom. The van der Waals surface area contributed by atoms with Crippen LogP contribution in [0.4, 0.5) is 0 Å². The maximum absolute atomic E-state index is 12.0. The van der Waals surface area contributed by atoms with Crippen LogP contribution in [0, 0.1) is 6.92 Å². The summed E-state index contributed by atoms with van der Waals surface area (Å²) >= 11 is 1.35. The molecule has 0 spiro atoms. The lowest BCUT2D eigenvalue weighted by Gasteiger charge is -2.15. The number of hydrogen-bond acceptors (Lipinski definition) is 3. The van der Waals surface area contributed by atoms with Crippen LogP contribution in [0.2, 0.25) is 0 Å². The molecule has 0 aromatic carbocycles. The van der Waals surface area contributed by atoms with Crippen molar-refractivity contribution in [3.8, 4) is 0 Å². The molecule has 1 saturated carbocycles. The van der Waals surface area contributed by atoms with Crippen LogP contribution in [0.3, 0.4) is 0 Å². The summed E-state index contributed by atoms with van der Waals surface area (Å²) in [4.78, 5) is 12.0. The van der Waals surface area contributed by atoms with Gasteiger partial charge in [0.05, 0.1) is 11.3 Å². The quantitative estimate of drug-likeness (QED) is 0.805. The summed E-state index contributed by atoms with van der Waals surface area (Å²) in [6.45, 7) is 1.89. The SMILES string of the molecule is Cc1nscc1C(=O)NC1CCCCCC1. The second-order valence-corrected chi connectivity index (χ2v) is 5.10. The highest BCUT2D eigenvalue weighted by molar-refractivity contribution is 7.03. The number of carbonyl (C=O) groups is 1. The highest BCUT2D eigenvalue weighted by atomic mass is 32.1. The van der Waals surface area contributed by atoms with Gasteiger partial charge in [-0.2, -0.15) is 4.37 Å². The van der Waals surface area contributed by atoms with E-state index in [1.807, 2.05) is 12.3 Å². The third kappa shape index (κ3) is 2.82. The predicted octanol–water partition coefficient (Wildman–Crippen LogP) is 2.90. The molecule has 0 atom stereocenters. The first-order valence-corrected chi connectivity index (χ1v) is 6.83. The van der Waals surface area contributed by atoms with E-state index in [1.54, 1.807) is 0 Å². The van der Waals surface area contributed by atoms with Crippen LogP contribution >= 0.6 is 11.5 Å². The van der Waals surface area contributed by atoms with Gasteiger partial charge in [-0.1, -0.05) is 25.7 Å². The minimum Gasteiger partial charge on any atom is -0.349 e. The lowest BCUT2D eigenvalue weighted by atomic mass is 10.1. The van der Waals surface area contributed by atoms with E-state index in [9.17, 15) is 4.79 Å². The Bertz CT molecular complexity index is 354. The summed E-state index contributed by atoms with van der Waals surface area (Å²) < 4.78 is 4.13. The van der Waals surface area contributed by atoms with Crippen molar-refractivity contribution in [3.63, 3.8) is 0 Å². The minimum atomic E-state index is 0.0538. The Balaban J connectivity index is 1.93. The second kappa shape index (κ2) is 5.43. The molecule has 0 unspecified atom stereocenters. The average Bonchev–Trinajstić information content (AvgIpc) is 2.53. The van der Waals surface area contributed by atoms with Crippen molar-refractivity contribution in [1.82, 2.24) is 9.69 Å². The number of nitrogens with zero attached hydrogens (tertiary/aromatic N) is 1. The van der Waals surface area contributed by atoms with E-state index in [4.69, 9.17) is 0 Å². The number of nitrogens with one attached hydrogen (secondary N) is 1.